The van der Waals surface area contributed by atoms with Crippen molar-refractivity contribution in [3.05, 3.63) is 34.2 Å². The molecule has 0 aliphatic heterocycles. The highest BCUT2D eigenvalue weighted by molar-refractivity contribution is 5.82. The molecular formula is C12H13N3O2. The van der Waals surface area contributed by atoms with Gasteiger partial charge in [-0.1, -0.05) is 0 Å². The van der Waals surface area contributed by atoms with E-state index in [1.165, 1.54) is 0 Å². The van der Waals surface area contributed by atoms with E-state index in [-0.39, 0.29) is 11.1 Å². The van der Waals surface area contributed by atoms with Crippen molar-refractivity contribution >= 4 is 23.1 Å². The molecule has 0 saturated carbocycles. The van der Waals surface area contributed by atoms with Crippen molar-refractivity contribution in [3.8, 4) is 0 Å². The Bertz CT molecular complexity index is 631. The lowest BCUT2D eigenvalue weighted by Gasteiger charge is -2.10. The standard InChI is InChI=1S/C12H13N3O2/c1-3-15-6-9(14-7-16)12(17)11-10(15)4-8(2)5-13-11/h4-7H,3H2,1-2H3,(H,14,16). The summed E-state index contributed by atoms with van der Waals surface area (Å²) in [5.74, 6) is 0. The second-order valence-electron chi connectivity index (χ2n) is 3.80. The first kappa shape index (κ1) is 11.3. The summed E-state index contributed by atoms with van der Waals surface area (Å²) in [6.45, 7) is 4.60. The number of rotatable bonds is 3. The molecule has 0 aliphatic carbocycles. The molecule has 5 nitrogen and oxygen atoms in total. The van der Waals surface area contributed by atoms with Gasteiger partial charge in [0.1, 0.15) is 11.2 Å². The largest absolute Gasteiger partial charge is 0.344 e. The normalized spacial score (nSPS) is 10.5. The van der Waals surface area contributed by atoms with Gasteiger partial charge in [0.05, 0.1) is 5.52 Å². The van der Waals surface area contributed by atoms with E-state index in [2.05, 4.69) is 10.3 Å². The monoisotopic (exact) mass is 231 g/mol. The summed E-state index contributed by atoms with van der Waals surface area (Å²) in [7, 11) is 0. The van der Waals surface area contributed by atoms with Gasteiger partial charge in [-0.3, -0.25) is 14.6 Å². The number of amides is 1. The van der Waals surface area contributed by atoms with Crippen LogP contribution in [0.1, 0.15) is 12.5 Å². The van der Waals surface area contributed by atoms with Crippen LogP contribution >= 0.6 is 0 Å². The van der Waals surface area contributed by atoms with E-state index in [0.717, 1.165) is 11.1 Å². The lowest BCUT2D eigenvalue weighted by Crippen LogP contribution is -2.16. The van der Waals surface area contributed by atoms with Crippen molar-refractivity contribution in [2.45, 2.75) is 20.4 Å². The van der Waals surface area contributed by atoms with Gasteiger partial charge in [-0.25, -0.2) is 0 Å². The minimum absolute atomic E-state index is 0.253. The first-order valence-electron chi connectivity index (χ1n) is 5.37. The summed E-state index contributed by atoms with van der Waals surface area (Å²) in [6, 6.07) is 1.91. The van der Waals surface area contributed by atoms with Crippen LogP contribution in [0.15, 0.2) is 23.3 Å². The van der Waals surface area contributed by atoms with Gasteiger partial charge in [0, 0.05) is 18.9 Å². The molecule has 5 heteroatoms. The lowest BCUT2D eigenvalue weighted by atomic mass is 10.2. The minimum atomic E-state index is -0.253. The molecule has 0 fully saturated rings. The number of aromatic nitrogens is 2. The highest BCUT2D eigenvalue weighted by Gasteiger charge is 2.09. The molecule has 0 aromatic carbocycles. The third-order valence-corrected chi connectivity index (χ3v) is 2.61. The predicted octanol–water partition coefficient (Wildman–Crippen LogP) is 1.29. The van der Waals surface area contributed by atoms with Crippen LogP contribution in [0, 0.1) is 6.92 Å². The van der Waals surface area contributed by atoms with Gasteiger partial charge < -0.3 is 9.88 Å². The van der Waals surface area contributed by atoms with E-state index in [4.69, 9.17) is 0 Å². The molecule has 0 aliphatic rings. The Hall–Kier alpha value is -2.17. The lowest BCUT2D eigenvalue weighted by molar-refractivity contribution is -0.105. The van der Waals surface area contributed by atoms with Crippen molar-refractivity contribution in [2.24, 2.45) is 0 Å². The zero-order valence-corrected chi connectivity index (χ0v) is 9.73. The Balaban J connectivity index is 2.84. The second-order valence-corrected chi connectivity index (χ2v) is 3.80. The molecule has 2 aromatic heterocycles. The quantitative estimate of drug-likeness (QED) is 0.809. The Morgan fingerprint density at radius 1 is 1.53 bits per heavy atom. The van der Waals surface area contributed by atoms with Gasteiger partial charge in [-0.05, 0) is 25.5 Å². The summed E-state index contributed by atoms with van der Waals surface area (Å²) < 4.78 is 1.89. The molecule has 0 radical (unpaired) electrons. The number of pyridine rings is 2. The van der Waals surface area contributed by atoms with E-state index in [1.54, 1.807) is 12.4 Å². The number of hydrogen-bond acceptors (Lipinski definition) is 3. The van der Waals surface area contributed by atoms with Crippen LogP contribution in [0.25, 0.3) is 11.0 Å². The Morgan fingerprint density at radius 3 is 2.94 bits per heavy atom. The molecule has 88 valence electrons. The summed E-state index contributed by atoms with van der Waals surface area (Å²) in [4.78, 5) is 26.6. The number of anilines is 1. The number of nitrogens with one attached hydrogen (secondary N) is 1. The molecule has 0 bridgehead atoms. The van der Waals surface area contributed by atoms with Crippen molar-refractivity contribution in [1.29, 1.82) is 0 Å². The van der Waals surface area contributed by atoms with Crippen molar-refractivity contribution in [1.82, 2.24) is 9.55 Å². The molecule has 2 aromatic rings. The van der Waals surface area contributed by atoms with Crippen molar-refractivity contribution in [2.75, 3.05) is 5.32 Å². The Labute approximate surface area is 98.1 Å². The Morgan fingerprint density at radius 2 is 2.29 bits per heavy atom. The molecule has 0 unspecified atom stereocenters. The average Bonchev–Trinajstić information content (AvgIpc) is 2.33. The summed E-state index contributed by atoms with van der Waals surface area (Å²) in [5.41, 5.74) is 2.16. The van der Waals surface area contributed by atoms with Crippen LogP contribution in [-0.2, 0) is 11.3 Å². The Kier molecular flexibility index (Phi) is 2.91. The van der Waals surface area contributed by atoms with E-state index in [0.29, 0.717) is 18.5 Å². The first-order chi connectivity index (χ1) is 8.17. The summed E-state index contributed by atoms with van der Waals surface area (Å²) in [6.07, 6.45) is 3.78. The SMILES string of the molecule is CCn1cc(NC=O)c(=O)c2ncc(C)cc21. The number of fused-ring (bicyclic) bond motifs is 1. The van der Waals surface area contributed by atoms with E-state index >= 15 is 0 Å². The fourth-order valence-electron chi connectivity index (χ4n) is 1.79. The van der Waals surface area contributed by atoms with Crippen LogP contribution in [0.4, 0.5) is 5.69 Å². The number of carbonyl (C=O) groups is 1. The number of hydrogen-bond donors (Lipinski definition) is 1. The van der Waals surface area contributed by atoms with Crippen molar-refractivity contribution in [3.63, 3.8) is 0 Å². The zero-order chi connectivity index (χ0) is 12.4. The predicted molar refractivity (Wildman–Crippen MR) is 66.1 cm³/mol. The zero-order valence-electron chi connectivity index (χ0n) is 9.73. The second kappa shape index (κ2) is 4.37. The van der Waals surface area contributed by atoms with Gasteiger partial charge >= 0.3 is 0 Å². The molecular weight excluding hydrogens is 218 g/mol. The first-order valence-corrected chi connectivity index (χ1v) is 5.37. The fourth-order valence-corrected chi connectivity index (χ4v) is 1.79. The van der Waals surface area contributed by atoms with Crippen LogP contribution in [0.2, 0.25) is 0 Å². The molecule has 0 spiro atoms. The molecule has 1 N–H and O–H groups in total. The van der Waals surface area contributed by atoms with Crippen LogP contribution < -0.4 is 10.7 Å². The van der Waals surface area contributed by atoms with Gasteiger partial charge in [0.25, 0.3) is 0 Å². The maximum atomic E-state index is 12.0. The highest BCUT2D eigenvalue weighted by atomic mass is 16.1. The van der Waals surface area contributed by atoms with Gasteiger partial charge in [-0.15, -0.1) is 0 Å². The number of nitrogens with zero attached hydrogens (tertiary/aromatic N) is 2. The van der Waals surface area contributed by atoms with Crippen LogP contribution in [0.3, 0.4) is 0 Å². The minimum Gasteiger partial charge on any atom is -0.344 e. The van der Waals surface area contributed by atoms with Gasteiger partial charge in [0.15, 0.2) is 0 Å². The maximum Gasteiger partial charge on any atom is 0.231 e. The van der Waals surface area contributed by atoms with Crippen LogP contribution in [-0.4, -0.2) is 16.0 Å². The summed E-state index contributed by atoms with van der Waals surface area (Å²) >= 11 is 0. The number of carbonyl (C=O) groups excluding carboxylic acids is 1. The number of aryl methyl sites for hydroxylation is 2. The van der Waals surface area contributed by atoms with Gasteiger partial charge in [-0.2, -0.15) is 0 Å². The molecule has 2 rings (SSSR count). The van der Waals surface area contributed by atoms with Crippen molar-refractivity contribution < 1.29 is 4.79 Å². The molecule has 1 amide bonds. The molecule has 17 heavy (non-hydrogen) atoms. The average molecular weight is 231 g/mol. The third-order valence-electron chi connectivity index (χ3n) is 2.61. The van der Waals surface area contributed by atoms with E-state index in [9.17, 15) is 9.59 Å². The molecule has 2 heterocycles. The summed E-state index contributed by atoms with van der Waals surface area (Å²) in [5, 5.41) is 2.40. The fraction of sp³-hybridized carbons (Fsp3) is 0.250. The molecule has 0 atom stereocenters. The van der Waals surface area contributed by atoms with Crippen LogP contribution in [0.5, 0.6) is 0 Å². The molecule has 0 saturated heterocycles. The van der Waals surface area contributed by atoms with Gasteiger partial charge in [0.2, 0.25) is 11.8 Å². The highest BCUT2D eigenvalue weighted by Crippen LogP contribution is 2.13. The smallest absolute Gasteiger partial charge is 0.231 e. The topological polar surface area (TPSA) is 64.0 Å². The maximum absolute atomic E-state index is 12.0. The van der Waals surface area contributed by atoms with E-state index in [1.807, 2.05) is 24.5 Å². The third kappa shape index (κ3) is 1.91. The van der Waals surface area contributed by atoms with E-state index < -0.39 is 0 Å².